The van der Waals surface area contributed by atoms with E-state index < -0.39 is 0 Å². The van der Waals surface area contributed by atoms with Gasteiger partial charge in [0, 0.05) is 17.8 Å². The molecule has 0 atom stereocenters. The number of aromatic nitrogens is 1. The molecule has 0 fully saturated rings. The average molecular weight is 256 g/mol. The van der Waals surface area contributed by atoms with Crippen LogP contribution < -0.4 is 4.74 Å². The number of hydrogen-bond donors (Lipinski definition) is 0. The first-order valence-corrected chi connectivity index (χ1v) is 6.12. The Morgan fingerprint density at radius 2 is 2.26 bits per heavy atom. The van der Waals surface area contributed by atoms with Crippen molar-refractivity contribution in [1.82, 2.24) is 9.88 Å². The van der Waals surface area contributed by atoms with Crippen LogP contribution in [-0.2, 0) is 0 Å². The molecule has 19 heavy (non-hydrogen) atoms. The standard InChI is InChI=1S/C14H16N4O/c1-5-6-18-8-16-13-11(7-15)14(19-4)17-9(2)12(13)10(18)3/h8H,3,5-6H2,1-2,4H3. The summed E-state index contributed by atoms with van der Waals surface area (Å²) in [7, 11) is 1.50. The summed E-state index contributed by atoms with van der Waals surface area (Å²) in [5.41, 5.74) is 3.39. The summed E-state index contributed by atoms with van der Waals surface area (Å²) in [4.78, 5) is 10.7. The lowest BCUT2D eigenvalue weighted by atomic mass is 10.0. The van der Waals surface area contributed by atoms with E-state index in [9.17, 15) is 5.26 Å². The summed E-state index contributed by atoms with van der Waals surface area (Å²) >= 11 is 0. The number of aliphatic imine (C=N–C) groups is 1. The van der Waals surface area contributed by atoms with Crippen molar-refractivity contribution in [3.05, 3.63) is 23.4 Å². The molecular formula is C14H16N4O. The van der Waals surface area contributed by atoms with E-state index in [4.69, 9.17) is 4.74 Å². The molecule has 5 heteroatoms. The Kier molecular flexibility index (Phi) is 3.52. The number of pyridine rings is 1. The SMILES string of the molecule is C=C1c2c(C)nc(OC)c(C#N)c2N=CN1CCC. The van der Waals surface area contributed by atoms with Crippen LogP contribution in [0.3, 0.4) is 0 Å². The lowest BCUT2D eigenvalue weighted by Gasteiger charge is -2.27. The fourth-order valence-corrected chi connectivity index (χ4v) is 2.16. The van der Waals surface area contributed by atoms with E-state index in [0.29, 0.717) is 17.1 Å². The van der Waals surface area contributed by atoms with Crippen LogP contribution >= 0.6 is 0 Å². The number of ether oxygens (including phenoxy) is 1. The first-order valence-electron chi connectivity index (χ1n) is 6.12. The summed E-state index contributed by atoms with van der Waals surface area (Å²) < 4.78 is 5.14. The summed E-state index contributed by atoms with van der Waals surface area (Å²) in [5.74, 6) is 0.313. The third kappa shape index (κ3) is 2.06. The highest BCUT2D eigenvalue weighted by atomic mass is 16.5. The maximum Gasteiger partial charge on any atom is 0.233 e. The van der Waals surface area contributed by atoms with Crippen molar-refractivity contribution in [2.24, 2.45) is 4.99 Å². The predicted molar refractivity (Wildman–Crippen MR) is 74.4 cm³/mol. The molecule has 1 aliphatic rings. The minimum atomic E-state index is 0.313. The summed E-state index contributed by atoms with van der Waals surface area (Å²) in [6, 6.07) is 2.11. The number of methoxy groups -OCH3 is 1. The van der Waals surface area contributed by atoms with Gasteiger partial charge in [-0.1, -0.05) is 13.5 Å². The Morgan fingerprint density at radius 3 is 2.84 bits per heavy atom. The lowest BCUT2D eigenvalue weighted by Crippen LogP contribution is -2.24. The highest BCUT2D eigenvalue weighted by Crippen LogP contribution is 2.39. The molecule has 0 aromatic carbocycles. The second-order valence-electron chi connectivity index (χ2n) is 4.30. The molecule has 0 N–H and O–H groups in total. The quantitative estimate of drug-likeness (QED) is 0.834. The first-order chi connectivity index (χ1) is 9.13. The maximum absolute atomic E-state index is 9.26. The van der Waals surface area contributed by atoms with Gasteiger partial charge in [-0.15, -0.1) is 0 Å². The Hall–Kier alpha value is -2.35. The molecule has 0 spiro atoms. The van der Waals surface area contributed by atoms with Crippen LogP contribution in [0.5, 0.6) is 5.88 Å². The van der Waals surface area contributed by atoms with E-state index in [1.165, 1.54) is 7.11 Å². The Morgan fingerprint density at radius 1 is 1.53 bits per heavy atom. The Labute approximate surface area is 112 Å². The van der Waals surface area contributed by atoms with E-state index in [2.05, 4.69) is 29.5 Å². The number of fused-ring (bicyclic) bond motifs is 1. The van der Waals surface area contributed by atoms with Crippen molar-refractivity contribution in [2.75, 3.05) is 13.7 Å². The number of aryl methyl sites for hydroxylation is 1. The normalized spacial score (nSPS) is 13.2. The molecular weight excluding hydrogens is 240 g/mol. The van der Waals surface area contributed by atoms with Crippen molar-refractivity contribution in [3.63, 3.8) is 0 Å². The van der Waals surface area contributed by atoms with E-state index in [-0.39, 0.29) is 0 Å². The van der Waals surface area contributed by atoms with Crippen molar-refractivity contribution in [1.29, 1.82) is 5.26 Å². The smallest absolute Gasteiger partial charge is 0.233 e. The monoisotopic (exact) mass is 256 g/mol. The van der Waals surface area contributed by atoms with E-state index in [1.54, 1.807) is 6.34 Å². The van der Waals surface area contributed by atoms with Crippen LogP contribution in [0, 0.1) is 18.3 Å². The number of hydrogen-bond acceptors (Lipinski definition) is 5. The van der Waals surface area contributed by atoms with Crippen LogP contribution in [0.15, 0.2) is 11.6 Å². The van der Waals surface area contributed by atoms with Gasteiger partial charge in [-0.05, 0) is 13.3 Å². The first kappa shape index (κ1) is 13.1. The molecule has 0 bridgehead atoms. The van der Waals surface area contributed by atoms with Gasteiger partial charge >= 0.3 is 0 Å². The number of nitriles is 1. The third-order valence-corrected chi connectivity index (χ3v) is 3.05. The van der Waals surface area contributed by atoms with E-state index in [0.717, 1.165) is 29.9 Å². The minimum absolute atomic E-state index is 0.313. The van der Waals surface area contributed by atoms with Crippen molar-refractivity contribution in [3.8, 4) is 11.9 Å². The molecule has 0 aliphatic carbocycles. The fraction of sp³-hybridized carbons (Fsp3) is 0.357. The van der Waals surface area contributed by atoms with Gasteiger partial charge in [-0.3, -0.25) is 0 Å². The van der Waals surface area contributed by atoms with Gasteiger partial charge in [0.15, 0.2) is 0 Å². The summed E-state index contributed by atoms with van der Waals surface area (Å²) in [6.45, 7) is 8.90. The summed E-state index contributed by atoms with van der Waals surface area (Å²) in [5, 5.41) is 9.26. The zero-order valence-corrected chi connectivity index (χ0v) is 11.4. The predicted octanol–water partition coefficient (Wildman–Crippen LogP) is 2.63. The van der Waals surface area contributed by atoms with Crippen LogP contribution in [0.25, 0.3) is 5.70 Å². The molecule has 0 saturated carbocycles. The van der Waals surface area contributed by atoms with Crippen LogP contribution in [0.2, 0.25) is 0 Å². The molecule has 5 nitrogen and oxygen atoms in total. The van der Waals surface area contributed by atoms with Gasteiger partial charge in [-0.25, -0.2) is 9.98 Å². The molecule has 0 radical (unpaired) electrons. The number of nitrogens with zero attached hydrogens (tertiary/aromatic N) is 4. The minimum Gasteiger partial charge on any atom is -0.480 e. The zero-order valence-electron chi connectivity index (χ0n) is 11.4. The summed E-state index contributed by atoms with van der Waals surface area (Å²) in [6.07, 6.45) is 2.71. The molecule has 1 aromatic heterocycles. The second-order valence-corrected chi connectivity index (χ2v) is 4.30. The molecule has 2 heterocycles. The largest absolute Gasteiger partial charge is 0.480 e. The van der Waals surface area contributed by atoms with Crippen LogP contribution in [-0.4, -0.2) is 29.9 Å². The highest BCUT2D eigenvalue weighted by molar-refractivity contribution is 5.90. The Bertz CT molecular complexity index is 598. The average Bonchev–Trinajstić information content (AvgIpc) is 2.41. The van der Waals surface area contributed by atoms with Gasteiger partial charge in [0.25, 0.3) is 0 Å². The topological polar surface area (TPSA) is 61.5 Å². The van der Waals surface area contributed by atoms with Crippen molar-refractivity contribution < 1.29 is 4.74 Å². The molecule has 98 valence electrons. The van der Waals surface area contributed by atoms with Crippen LogP contribution in [0.4, 0.5) is 5.69 Å². The molecule has 0 saturated heterocycles. The van der Waals surface area contributed by atoms with E-state index >= 15 is 0 Å². The zero-order chi connectivity index (χ0) is 14.0. The van der Waals surface area contributed by atoms with Gasteiger partial charge in [0.1, 0.15) is 11.6 Å². The van der Waals surface area contributed by atoms with Gasteiger partial charge < -0.3 is 9.64 Å². The van der Waals surface area contributed by atoms with Crippen molar-refractivity contribution >= 4 is 17.7 Å². The van der Waals surface area contributed by atoms with Crippen molar-refractivity contribution in [2.45, 2.75) is 20.3 Å². The third-order valence-electron chi connectivity index (χ3n) is 3.05. The lowest BCUT2D eigenvalue weighted by molar-refractivity contribution is 0.395. The van der Waals surface area contributed by atoms with Gasteiger partial charge in [0.2, 0.25) is 5.88 Å². The number of rotatable bonds is 3. The molecule has 0 amide bonds. The highest BCUT2D eigenvalue weighted by Gasteiger charge is 2.24. The van der Waals surface area contributed by atoms with Gasteiger partial charge in [-0.2, -0.15) is 5.26 Å². The molecule has 1 aliphatic heterocycles. The molecule has 0 unspecified atom stereocenters. The second kappa shape index (κ2) is 5.11. The Balaban J connectivity index is 2.64. The van der Waals surface area contributed by atoms with Crippen LogP contribution in [0.1, 0.15) is 30.2 Å². The fourth-order valence-electron chi connectivity index (χ4n) is 2.16. The maximum atomic E-state index is 9.26. The van der Waals surface area contributed by atoms with Gasteiger partial charge in [0.05, 0.1) is 24.8 Å². The van der Waals surface area contributed by atoms with E-state index in [1.807, 2.05) is 11.8 Å². The molecule has 2 rings (SSSR count). The molecule has 1 aromatic rings.